The van der Waals surface area contributed by atoms with Gasteiger partial charge in [0.25, 0.3) is 0 Å². The van der Waals surface area contributed by atoms with Gasteiger partial charge in [0.2, 0.25) is 5.88 Å². The summed E-state index contributed by atoms with van der Waals surface area (Å²) in [5, 5.41) is 0. The van der Waals surface area contributed by atoms with Crippen molar-refractivity contribution in [2.75, 3.05) is 6.61 Å². The number of halogens is 1. The number of aromatic nitrogens is 1. The smallest absolute Gasteiger partial charge is 0.218 e. The third kappa shape index (κ3) is 4.25. The summed E-state index contributed by atoms with van der Waals surface area (Å²) in [6.07, 6.45) is 1.04. The van der Waals surface area contributed by atoms with Gasteiger partial charge >= 0.3 is 0 Å². The zero-order valence-corrected chi connectivity index (χ0v) is 12.0. The van der Waals surface area contributed by atoms with Gasteiger partial charge in [-0.2, -0.15) is 0 Å². The molecule has 0 saturated carbocycles. The Bertz CT molecular complexity index is 329. The van der Waals surface area contributed by atoms with Gasteiger partial charge in [-0.3, -0.25) is 0 Å². The van der Waals surface area contributed by atoms with E-state index in [1.807, 2.05) is 12.1 Å². The van der Waals surface area contributed by atoms with Crippen LogP contribution in [0, 0.1) is 5.92 Å². The Morgan fingerprint density at radius 2 is 2.19 bits per heavy atom. The molecule has 0 amide bonds. The van der Waals surface area contributed by atoms with E-state index in [0.717, 1.165) is 22.1 Å². The van der Waals surface area contributed by atoms with Gasteiger partial charge in [-0.05, 0) is 18.4 Å². The molecule has 0 unspecified atom stereocenters. The van der Waals surface area contributed by atoms with E-state index in [4.69, 9.17) is 10.5 Å². The SMILES string of the molecule is CC(C)CCOc1nc(CI)ccc1CN. The van der Waals surface area contributed by atoms with Crippen molar-refractivity contribution in [2.45, 2.75) is 31.2 Å². The van der Waals surface area contributed by atoms with Crippen LogP contribution in [0.3, 0.4) is 0 Å². The second kappa shape index (κ2) is 7.06. The Morgan fingerprint density at radius 3 is 2.75 bits per heavy atom. The number of hydrogen-bond acceptors (Lipinski definition) is 3. The van der Waals surface area contributed by atoms with Crippen LogP contribution < -0.4 is 10.5 Å². The molecule has 3 nitrogen and oxygen atoms in total. The van der Waals surface area contributed by atoms with Crippen molar-refractivity contribution in [1.82, 2.24) is 4.98 Å². The number of rotatable bonds is 6. The maximum Gasteiger partial charge on any atom is 0.218 e. The molecule has 0 bridgehead atoms. The molecule has 1 aromatic heterocycles. The fourth-order valence-electron chi connectivity index (χ4n) is 1.25. The van der Waals surface area contributed by atoms with Crippen molar-refractivity contribution >= 4 is 22.6 Å². The van der Waals surface area contributed by atoms with Crippen LogP contribution in [0.4, 0.5) is 0 Å². The van der Waals surface area contributed by atoms with E-state index >= 15 is 0 Å². The van der Waals surface area contributed by atoms with Gasteiger partial charge in [-0.25, -0.2) is 4.98 Å². The first-order valence-electron chi connectivity index (χ1n) is 5.55. The number of alkyl halides is 1. The van der Waals surface area contributed by atoms with Crippen molar-refractivity contribution in [1.29, 1.82) is 0 Å². The summed E-state index contributed by atoms with van der Waals surface area (Å²) in [6.45, 7) is 5.55. The Hall–Kier alpha value is -0.360. The highest BCUT2D eigenvalue weighted by Gasteiger charge is 2.06. The molecule has 0 fully saturated rings. The number of hydrogen-bond donors (Lipinski definition) is 1. The molecule has 0 radical (unpaired) electrons. The number of pyridine rings is 1. The van der Waals surface area contributed by atoms with Crippen LogP contribution in [0.5, 0.6) is 5.88 Å². The van der Waals surface area contributed by atoms with Crippen molar-refractivity contribution < 1.29 is 4.74 Å². The lowest BCUT2D eigenvalue weighted by molar-refractivity contribution is 0.276. The van der Waals surface area contributed by atoms with Crippen molar-refractivity contribution in [3.8, 4) is 5.88 Å². The summed E-state index contributed by atoms with van der Waals surface area (Å²) in [5.74, 6) is 1.35. The molecule has 1 rings (SSSR count). The average molecular weight is 334 g/mol. The van der Waals surface area contributed by atoms with Gasteiger partial charge in [0.05, 0.1) is 12.3 Å². The van der Waals surface area contributed by atoms with E-state index in [9.17, 15) is 0 Å². The third-order valence-electron chi connectivity index (χ3n) is 2.29. The number of nitrogens with zero attached hydrogens (tertiary/aromatic N) is 1. The van der Waals surface area contributed by atoms with E-state index in [2.05, 4.69) is 41.4 Å². The zero-order chi connectivity index (χ0) is 12.0. The van der Waals surface area contributed by atoms with Gasteiger partial charge in [0.15, 0.2) is 0 Å². The van der Waals surface area contributed by atoms with Crippen LogP contribution in [-0.4, -0.2) is 11.6 Å². The maximum absolute atomic E-state index is 5.69. The third-order valence-corrected chi connectivity index (χ3v) is 3.07. The summed E-state index contributed by atoms with van der Waals surface area (Å²) in [5.41, 5.74) is 7.67. The van der Waals surface area contributed by atoms with E-state index in [1.165, 1.54) is 0 Å². The lowest BCUT2D eigenvalue weighted by Gasteiger charge is -2.11. The topological polar surface area (TPSA) is 48.1 Å². The first kappa shape index (κ1) is 13.7. The van der Waals surface area contributed by atoms with Crippen molar-refractivity contribution in [3.05, 3.63) is 23.4 Å². The molecule has 0 atom stereocenters. The minimum atomic E-state index is 0.478. The highest BCUT2D eigenvalue weighted by Crippen LogP contribution is 2.18. The maximum atomic E-state index is 5.69. The van der Waals surface area contributed by atoms with Crippen LogP contribution in [0.15, 0.2) is 12.1 Å². The summed E-state index contributed by atoms with van der Waals surface area (Å²) in [6, 6.07) is 4.01. The largest absolute Gasteiger partial charge is 0.477 e. The van der Waals surface area contributed by atoms with Crippen LogP contribution in [0.2, 0.25) is 0 Å². The van der Waals surface area contributed by atoms with Gasteiger partial charge in [0, 0.05) is 16.5 Å². The first-order valence-corrected chi connectivity index (χ1v) is 7.07. The van der Waals surface area contributed by atoms with Crippen molar-refractivity contribution in [2.24, 2.45) is 11.7 Å². The molecule has 0 aliphatic rings. The first-order chi connectivity index (χ1) is 7.67. The molecule has 1 heterocycles. The molecule has 0 aliphatic carbocycles. The van der Waals surface area contributed by atoms with E-state index in [0.29, 0.717) is 24.9 Å². The molecular weight excluding hydrogens is 315 g/mol. The molecular formula is C12H19IN2O. The monoisotopic (exact) mass is 334 g/mol. The van der Waals surface area contributed by atoms with Crippen LogP contribution >= 0.6 is 22.6 Å². The summed E-state index contributed by atoms with van der Waals surface area (Å²) >= 11 is 2.29. The molecule has 0 saturated heterocycles. The zero-order valence-electron chi connectivity index (χ0n) is 9.87. The molecule has 16 heavy (non-hydrogen) atoms. The Balaban J connectivity index is 2.67. The Morgan fingerprint density at radius 1 is 1.44 bits per heavy atom. The molecule has 0 aliphatic heterocycles. The highest BCUT2D eigenvalue weighted by molar-refractivity contribution is 14.1. The number of ether oxygens (including phenoxy) is 1. The lowest BCUT2D eigenvalue weighted by Crippen LogP contribution is -2.08. The van der Waals surface area contributed by atoms with Gasteiger partial charge in [-0.15, -0.1) is 0 Å². The van der Waals surface area contributed by atoms with Crippen molar-refractivity contribution in [3.63, 3.8) is 0 Å². The molecule has 0 spiro atoms. The summed E-state index contributed by atoms with van der Waals surface area (Å²) in [4.78, 5) is 4.45. The predicted molar refractivity (Wildman–Crippen MR) is 74.8 cm³/mol. The Labute approximate surface area is 111 Å². The van der Waals surface area contributed by atoms with Crippen LogP contribution in [0.1, 0.15) is 31.5 Å². The molecule has 0 aromatic carbocycles. The second-order valence-electron chi connectivity index (χ2n) is 4.14. The lowest BCUT2D eigenvalue weighted by atomic mass is 10.1. The van der Waals surface area contributed by atoms with Gasteiger partial charge in [-0.1, -0.05) is 42.5 Å². The molecule has 2 N–H and O–H groups in total. The second-order valence-corrected chi connectivity index (χ2v) is 4.90. The van der Waals surface area contributed by atoms with E-state index in [1.54, 1.807) is 0 Å². The normalized spacial score (nSPS) is 10.8. The standard InChI is InChI=1S/C12H19IN2O/c1-9(2)5-6-16-12-10(8-14)3-4-11(7-13)15-12/h3-4,9H,5-8,14H2,1-2H3. The fourth-order valence-corrected chi connectivity index (χ4v) is 1.68. The molecule has 1 aromatic rings. The van der Waals surface area contributed by atoms with Gasteiger partial charge in [0.1, 0.15) is 0 Å². The van der Waals surface area contributed by atoms with E-state index in [-0.39, 0.29) is 0 Å². The van der Waals surface area contributed by atoms with Crippen LogP contribution in [0.25, 0.3) is 0 Å². The molecule has 4 heteroatoms. The number of nitrogens with two attached hydrogens (primary N) is 1. The highest BCUT2D eigenvalue weighted by atomic mass is 127. The minimum Gasteiger partial charge on any atom is -0.477 e. The fraction of sp³-hybridized carbons (Fsp3) is 0.583. The quantitative estimate of drug-likeness (QED) is 0.643. The summed E-state index contributed by atoms with van der Waals surface area (Å²) < 4.78 is 6.58. The van der Waals surface area contributed by atoms with Gasteiger partial charge < -0.3 is 10.5 Å². The molecule has 90 valence electrons. The Kier molecular flexibility index (Phi) is 6.05. The summed E-state index contributed by atoms with van der Waals surface area (Å²) in [7, 11) is 0. The minimum absolute atomic E-state index is 0.478. The predicted octanol–water partition coefficient (Wildman–Crippen LogP) is 2.90. The average Bonchev–Trinajstić information content (AvgIpc) is 2.28. The van der Waals surface area contributed by atoms with E-state index < -0.39 is 0 Å². The van der Waals surface area contributed by atoms with Crippen LogP contribution in [-0.2, 0) is 11.0 Å².